The molecule has 1 aliphatic rings. The fourth-order valence-corrected chi connectivity index (χ4v) is 3.08. The van der Waals surface area contributed by atoms with Crippen LogP contribution in [0, 0.1) is 5.41 Å². The van der Waals surface area contributed by atoms with Crippen LogP contribution in [0.1, 0.15) is 44.3 Å². The fourth-order valence-electron chi connectivity index (χ4n) is 2.60. The maximum Gasteiger partial charge on any atom is 0.160 e. The lowest BCUT2D eigenvalue weighted by Crippen LogP contribution is -2.14. The van der Waals surface area contributed by atoms with Gasteiger partial charge in [-0.1, -0.05) is 6.92 Å². The summed E-state index contributed by atoms with van der Waals surface area (Å²) in [5, 5.41) is -0.0966. The van der Waals surface area contributed by atoms with Crippen molar-refractivity contribution in [3.63, 3.8) is 0 Å². The number of fused-ring (bicyclic) bond motifs is 1. The zero-order valence-corrected chi connectivity index (χ0v) is 13.5. The maximum absolute atomic E-state index is 6.29. The van der Waals surface area contributed by atoms with Crippen LogP contribution in [-0.4, -0.2) is 14.5 Å². The van der Waals surface area contributed by atoms with Crippen molar-refractivity contribution < 1.29 is 0 Å². The van der Waals surface area contributed by atoms with Gasteiger partial charge < -0.3 is 4.57 Å². The van der Waals surface area contributed by atoms with Crippen LogP contribution in [0.5, 0.6) is 0 Å². The molecule has 2 heterocycles. The highest BCUT2D eigenvalue weighted by Crippen LogP contribution is 2.50. The SMILES string of the molecule is CCC1(Cn2c(C(C)Cl)nc3cc(Br)cnc32)CC1. The van der Waals surface area contributed by atoms with E-state index < -0.39 is 0 Å². The van der Waals surface area contributed by atoms with Gasteiger partial charge in [-0.05, 0) is 53.6 Å². The molecule has 2 aromatic heterocycles. The smallest absolute Gasteiger partial charge is 0.160 e. The summed E-state index contributed by atoms with van der Waals surface area (Å²) in [6.07, 6.45) is 5.64. The van der Waals surface area contributed by atoms with Gasteiger partial charge in [-0.15, -0.1) is 11.6 Å². The number of hydrogen-bond donors (Lipinski definition) is 0. The van der Waals surface area contributed by atoms with Gasteiger partial charge in [0.25, 0.3) is 0 Å². The molecule has 0 N–H and O–H groups in total. The zero-order valence-electron chi connectivity index (χ0n) is 11.2. The van der Waals surface area contributed by atoms with E-state index in [4.69, 9.17) is 11.6 Å². The molecule has 2 aromatic rings. The molecule has 0 amide bonds. The number of hydrogen-bond acceptors (Lipinski definition) is 2. The van der Waals surface area contributed by atoms with Gasteiger partial charge in [-0.3, -0.25) is 0 Å². The Kier molecular flexibility index (Phi) is 3.34. The Bertz CT molecular complexity index is 616. The first kappa shape index (κ1) is 13.4. The van der Waals surface area contributed by atoms with E-state index in [1.54, 1.807) is 0 Å². The van der Waals surface area contributed by atoms with Crippen LogP contribution in [0.25, 0.3) is 11.2 Å². The lowest BCUT2D eigenvalue weighted by atomic mass is 10.0. The third-order valence-electron chi connectivity index (χ3n) is 4.14. The van der Waals surface area contributed by atoms with Crippen molar-refractivity contribution in [2.75, 3.05) is 0 Å². The summed E-state index contributed by atoms with van der Waals surface area (Å²) in [7, 11) is 0. The van der Waals surface area contributed by atoms with E-state index in [2.05, 4.69) is 37.4 Å². The van der Waals surface area contributed by atoms with E-state index in [1.165, 1.54) is 19.3 Å². The van der Waals surface area contributed by atoms with Crippen molar-refractivity contribution in [3.8, 4) is 0 Å². The van der Waals surface area contributed by atoms with Gasteiger partial charge in [-0.25, -0.2) is 9.97 Å². The van der Waals surface area contributed by atoms with Crippen molar-refractivity contribution in [2.24, 2.45) is 5.41 Å². The van der Waals surface area contributed by atoms with Crippen LogP contribution >= 0.6 is 27.5 Å². The normalized spacial score (nSPS) is 18.7. The molecule has 1 saturated carbocycles. The van der Waals surface area contributed by atoms with E-state index in [-0.39, 0.29) is 5.38 Å². The molecule has 1 unspecified atom stereocenters. The van der Waals surface area contributed by atoms with Crippen LogP contribution < -0.4 is 0 Å². The van der Waals surface area contributed by atoms with Gasteiger partial charge in [0, 0.05) is 17.2 Å². The largest absolute Gasteiger partial charge is 0.311 e. The van der Waals surface area contributed by atoms with Gasteiger partial charge in [0.2, 0.25) is 0 Å². The highest BCUT2D eigenvalue weighted by molar-refractivity contribution is 9.10. The van der Waals surface area contributed by atoms with E-state index in [1.807, 2.05) is 19.2 Å². The number of alkyl halides is 1. The second-order valence-corrected chi connectivity index (χ2v) is 7.09. The summed E-state index contributed by atoms with van der Waals surface area (Å²) < 4.78 is 3.17. The molecule has 0 aliphatic heterocycles. The molecule has 0 bridgehead atoms. The van der Waals surface area contributed by atoms with Crippen molar-refractivity contribution in [1.29, 1.82) is 0 Å². The zero-order chi connectivity index (χ0) is 13.6. The summed E-state index contributed by atoms with van der Waals surface area (Å²) in [6.45, 7) is 5.22. The van der Waals surface area contributed by atoms with Crippen LogP contribution in [0.15, 0.2) is 16.7 Å². The average molecular weight is 343 g/mol. The third kappa shape index (κ3) is 2.40. The molecule has 3 rings (SSSR count). The molecule has 1 fully saturated rings. The lowest BCUT2D eigenvalue weighted by Gasteiger charge is -2.16. The molecule has 0 aromatic carbocycles. The van der Waals surface area contributed by atoms with E-state index >= 15 is 0 Å². The Morgan fingerprint density at radius 1 is 1.53 bits per heavy atom. The Hall–Kier alpha value is -0.610. The predicted molar refractivity (Wildman–Crippen MR) is 81.5 cm³/mol. The molecule has 3 nitrogen and oxygen atoms in total. The Morgan fingerprint density at radius 2 is 2.26 bits per heavy atom. The van der Waals surface area contributed by atoms with Gasteiger partial charge in [-0.2, -0.15) is 0 Å². The summed E-state index contributed by atoms with van der Waals surface area (Å²) in [5.41, 5.74) is 2.32. The minimum atomic E-state index is -0.0966. The number of nitrogens with zero attached hydrogens (tertiary/aromatic N) is 3. The van der Waals surface area contributed by atoms with E-state index in [0.29, 0.717) is 5.41 Å². The average Bonchev–Trinajstić information content (AvgIpc) is 3.06. The van der Waals surface area contributed by atoms with Crippen molar-refractivity contribution >= 4 is 38.7 Å². The second kappa shape index (κ2) is 4.74. The fraction of sp³-hybridized carbons (Fsp3) is 0.571. The second-order valence-electron chi connectivity index (χ2n) is 5.52. The number of rotatable bonds is 4. The predicted octanol–water partition coefficient (Wildman–Crippen LogP) is 4.68. The molecule has 19 heavy (non-hydrogen) atoms. The summed E-state index contributed by atoms with van der Waals surface area (Å²) in [6, 6.07) is 2.01. The molecule has 5 heteroatoms. The molecule has 1 atom stereocenters. The van der Waals surface area contributed by atoms with Gasteiger partial charge in [0.15, 0.2) is 5.65 Å². The topological polar surface area (TPSA) is 30.7 Å². The van der Waals surface area contributed by atoms with Gasteiger partial charge in [0.05, 0.1) is 5.38 Å². The van der Waals surface area contributed by atoms with Gasteiger partial charge >= 0.3 is 0 Å². The van der Waals surface area contributed by atoms with Crippen molar-refractivity contribution in [2.45, 2.75) is 45.0 Å². The monoisotopic (exact) mass is 341 g/mol. The van der Waals surface area contributed by atoms with Gasteiger partial charge in [0.1, 0.15) is 11.3 Å². The highest BCUT2D eigenvalue weighted by Gasteiger charge is 2.41. The van der Waals surface area contributed by atoms with Crippen LogP contribution in [0.2, 0.25) is 0 Å². The Balaban J connectivity index is 2.11. The van der Waals surface area contributed by atoms with Crippen molar-refractivity contribution in [1.82, 2.24) is 14.5 Å². The minimum absolute atomic E-state index is 0.0966. The Morgan fingerprint density at radius 3 is 2.84 bits per heavy atom. The van der Waals surface area contributed by atoms with E-state index in [9.17, 15) is 0 Å². The number of halogens is 2. The molecule has 0 saturated heterocycles. The Labute approximate surface area is 126 Å². The first-order chi connectivity index (χ1) is 9.04. The minimum Gasteiger partial charge on any atom is -0.311 e. The molecular weight excluding hydrogens is 326 g/mol. The van der Waals surface area contributed by atoms with Crippen LogP contribution in [0.4, 0.5) is 0 Å². The summed E-state index contributed by atoms with van der Waals surface area (Å²) in [4.78, 5) is 9.18. The number of aromatic nitrogens is 3. The first-order valence-corrected chi connectivity index (χ1v) is 7.93. The van der Waals surface area contributed by atoms with Crippen molar-refractivity contribution in [3.05, 3.63) is 22.6 Å². The first-order valence-electron chi connectivity index (χ1n) is 6.70. The molecule has 0 spiro atoms. The summed E-state index contributed by atoms with van der Waals surface area (Å²) in [5.74, 6) is 0.932. The van der Waals surface area contributed by atoms with Crippen LogP contribution in [-0.2, 0) is 6.54 Å². The number of pyridine rings is 1. The molecule has 0 radical (unpaired) electrons. The van der Waals surface area contributed by atoms with E-state index in [0.717, 1.165) is 28.0 Å². The summed E-state index contributed by atoms with van der Waals surface area (Å²) >= 11 is 9.74. The highest BCUT2D eigenvalue weighted by atomic mass is 79.9. The third-order valence-corrected chi connectivity index (χ3v) is 4.77. The standard InChI is InChI=1S/C14H17BrClN3/c1-3-14(4-5-14)8-19-12(9(2)16)18-11-6-10(15)7-17-13(11)19/h6-7,9H,3-5,8H2,1-2H3. The molecule has 1 aliphatic carbocycles. The lowest BCUT2D eigenvalue weighted by molar-refractivity contribution is 0.406. The molecule has 102 valence electrons. The number of imidazole rings is 1. The molecular formula is C14H17BrClN3. The van der Waals surface area contributed by atoms with Crippen LogP contribution in [0.3, 0.4) is 0 Å². The maximum atomic E-state index is 6.29. The quantitative estimate of drug-likeness (QED) is 0.755.